The van der Waals surface area contributed by atoms with Crippen molar-refractivity contribution >= 4 is 40.2 Å². The molecule has 2 aromatic rings. The zero-order valence-electron chi connectivity index (χ0n) is 16.2. The molecule has 2 heterocycles. The maximum Gasteiger partial charge on any atom is 0.326 e. The van der Waals surface area contributed by atoms with Crippen LogP contribution in [0.25, 0.3) is 11.3 Å². The summed E-state index contributed by atoms with van der Waals surface area (Å²) >= 11 is 1.17. The minimum absolute atomic E-state index is 0.293. The number of thiazole rings is 1. The smallest absolute Gasteiger partial charge is 0.326 e. The van der Waals surface area contributed by atoms with Crippen LogP contribution < -0.4 is 5.32 Å². The van der Waals surface area contributed by atoms with Crippen LogP contribution in [0.4, 0.5) is 9.52 Å². The number of hydrogen-bond acceptors (Lipinski definition) is 7. The Bertz CT molecular complexity index is 1040. The molecule has 0 unspecified atom stereocenters. The van der Waals surface area contributed by atoms with Gasteiger partial charge in [-0.3, -0.25) is 29.4 Å². The third kappa shape index (κ3) is 4.53. The number of anilines is 1. The van der Waals surface area contributed by atoms with Gasteiger partial charge in [0, 0.05) is 10.9 Å². The number of benzene rings is 1. The minimum Gasteiger partial charge on any atom is -0.454 e. The molecule has 1 fully saturated rings. The van der Waals surface area contributed by atoms with Crippen LogP contribution in [0.15, 0.2) is 41.8 Å². The third-order valence-corrected chi connectivity index (χ3v) is 5.90. The molecule has 0 saturated carbocycles. The number of halogens is 1. The second kappa shape index (κ2) is 8.76. The number of ether oxygens (including phenoxy) is 1. The molecule has 1 saturated heterocycles. The van der Waals surface area contributed by atoms with E-state index in [0.717, 1.165) is 4.90 Å². The van der Waals surface area contributed by atoms with Crippen molar-refractivity contribution in [2.45, 2.75) is 12.8 Å². The van der Waals surface area contributed by atoms with Gasteiger partial charge in [0.1, 0.15) is 12.4 Å². The van der Waals surface area contributed by atoms with Crippen molar-refractivity contribution in [2.75, 3.05) is 18.5 Å². The maximum absolute atomic E-state index is 13.0. The van der Waals surface area contributed by atoms with Gasteiger partial charge in [0.2, 0.25) is 11.8 Å². The molecule has 1 aliphatic heterocycles. The van der Waals surface area contributed by atoms with Gasteiger partial charge >= 0.3 is 5.97 Å². The van der Waals surface area contributed by atoms with Gasteiger partial charge in [0.25, 0.3) is 5.91 Å². The molecule has 3 amide bonds. The molecular weight excluding hydrogens is 425 g/mol. The van der Waals surface area contributed by atoms with Crippen molar-refractivity contribution in [3.63, 3.8) is 0 Å². The second-order valence-corrected chi connectivity index (χ2v) is 8.03. The van der Waals surface area contributed by atoms with Crippen molar-refractivity contribution in [3.05, 3.63) is 47.6 Å². The summed E-state index contributed by atoms with van der Waals surface area (Å²) in [5, 5.41) is 4.51. The van der Waals surface area contributed by atoms with Crippen molar-refractivity contribution < 1.29 is 28.3 Å². The van der Waals surface area contributed by atoms with Crippen molar-refractivity contribution in [1.29, 1.82) is 0 Å². The van der Waals surface area contributed by atoms with Crippen LogP contribution in [0.1, 0.15) is 12.8 Å². The van der Waals surface area contributed by atoms with Gasteiger partial charge in [-0.2, -0.15) is 0 Å². The number of allylic oxidation sites excluding steroid dienone is 2. The van der Waals surface area contributed by atoms with Crippen LogP contribution in [0.3, 0.4) is 0 Å². The fourth-order valence-electron chi connectivity index (χ4n) is 3.59. The van der Waals surface area contributed by atoms with E-state index in [9.17, 15) is 23.6 Å². The van der Waals surface area contributed by atoms with Gasteiger partial charge in [-0.1, -0.05) is 12.2 Å². The Morgan fingerprint density at radius 2 is 1.77 bits per heavy atom. The molecule has 2 aliphatic rings. The molecule has 31 heavy (non-hydrogen) atoms. The molecule has 8 nitrogen and oxygen atoms in total. The van der Waals surface area contributed by atoms with E-state index in [-0.39, 0.29) is 17.6 Å². The molecule has 0 spiro atoms. The number of hydrogen-bond donors (Lipinski definition) is 1. The lowest BCUT2D eigenvalue weighted by Crippen LogP contribution is -2.37. The van der Waals surface area contributed by atoms with E-state index in [4.69, 9.17) is 4.74 Å². The van der Waals surface area contributed by atoms with Gasteiger partial charge < -0.3 is 4.74 Å². The topological polar surface area (TPSA) is 106 Å². The lowest BCUT2D eigenvalue weighted by atomic mass is 9.85. The predicted octanol–water partition coefficient (Wildman–Crippen LogP) is 2.38. The fraction of sp³-hybridized carbons (Fsp3) is 0.286. The highest BCUT2D eigenvalue weighted by Crippen LogP contribution is 2.34. The SMILES string of the molecule is O=C(COC(=O)CN1C(=O)[C@H]2CC=CC[C@@H]2C1=O)Nc1nc(-c2ccc(F)cc2)cs1. The summed E-state index contributed by atoms with van der Waals surface area (Å²) in [6.07, 6.45) is 4.69. The number of imide groups is 1. The van der Waals surface area contributed by atoms with Crippen LogP contribution >= 0.6 is 11.3 Å². The quantitative estimate of drug-likeness (QED) is 0.418. The van der Waals surface area contributed by atoms with Gasteiger partial charge in [-0.25, -0.2) is 9.37 Å². The monoisotopic (exact) mass is 443 g/mol. The van der Waals surface area contributed by atoms with Gasteiger partial charge in [0.05, 0.1) is 17.5 Å². The maximum atomic E-state index is 13.0. The number of esters is 1. The first kappa shape index (κ1) is 20.9. The van der Waals surface area contributed by atoms with Crippen molar-refractivity contribution in [2.24, 2.45) is 11.8 Å². The Morgan fingerprint density at radius 1 is 1.13 bits per heavy atom. The first-order chi connectivity index (χ1) is 14.9. The van der Waals surface area contributed by atoms with E-state index < -0.39 is 36.9 Å². The average Bonchev–Trinajstić information content (AvgIpc) is 3.32. The summed E-state index contributed by atoms with van der Waals surface area (Å²) in [5.74, 6) is -3.40. The Hall–Kier alpha value is -3.40. The third-order valence-electron chi connectivity index (χ3n) is 5.14. The highest BCUT2D eigenvalue weighted by atomic mass is 32.1. The van der Waals surface area contributed by atoms with Gasteiger partial charge in [-0.15, -0.1) is 11.3 Å². The van der Waals surface area contributed by atoms with E-state index in [1.807, 2.05) is 12.2 Å². The predicted molar refractivity (Wildman–Crippen MR) is 109 cm³/mol. The lowest BCUT2D eigenvalue weighted by molar-refractivity contribution is -0.154. The summed E-state index contributed by atoms with van der Waals surface area (Å²) in [6.45, 7) is -1.08. The molecule has 0 radical (unpaired) electrons. The number of amides is 3. The molecule has 0 bridgehead atoms. The number of aromatic nitrogens is 1. The van der Waals surface area contributed by atoms with Gasteiger partial charge in [-0.05, 0) is 37.1 Å². The molecule has 1 aromatic heterocycles. The molecule has 1 N–H and O–H groups in total. The number of carbonyl (C=O) groups excluding carboxylic acids is 4. The first-order valence-electron chi connectivity index (χ1n) is 9.59. The van der Waals surface area contributed by atoms with Crippen molar-refractivity contribution in [1.82, 2.24) is 9.88 Å². The summed E-state index contributed by atoms with van der Waals surface area (Å²) in [5.41, 5.74) is 1.26. The Balaban J connectivity index is 1.26. The fourth-order valence-corrected chi connectivity index (χ4v) is 4.32. The Morgan fingerprint density at radius 3 is 2.42 bits per heavy atom. The number of likely N-dealkylation sites (tertiary alicyclic amines) is 1. The molecule has 4 rings (SSSR count). The molecular formula is C21H18FN3O5S. The van der Waals surface area contributed by atoms with Crippen LogP contribution in [0, 0.1) is 17.7 Å². The Kier molecular flexibility index (Phi) is 5.90. The Labute approximate surface area is 180 Å². The molecule has 1 aliphatic carbocycles. The largest absolute Gasteiger partial charge is 0.454 e. The molecule has 10 heteroatoms. The average molecular weight is 443 g/mol. The zero-order valence-corrected chi connectivity index (χ0v) is 17.1. The number of carbonyl (C=O) groups is 4. The van der Waals surface area contributed by atoms with Crippen molar-refractivity contribution in [3.8, 4) is 11.3 Å². The van der Waals surface area contributed by atoms with E-state index >= 15 is 0 Å². The normalized spacial score (nSPS) is 20.0. The number of rotatable bonds is 6. The van der Waals surface area contributed by atoms with Crippen LogP contribution in [0.5, 0.6) is 0 Å². The molecule has 1 aromatic carbocycles. The van der Waals surface area contributed by atoms with Crippen LogP contribution in [-0.4, -0.2) is 46.7 Å². The zero-order chi connectivity index (χ0) is 22.0. The van der Waals surface area contributed by atoms with E-state index in [2.05, 4.69) is 10.3 Å². The minimum atomic E-state index is -0.838. The van der Waals surface area contributed by atoms with E-state index in [1.165, 1.54) is 23.5 Å². The first-order valence-corrected chi connectivity index (χ1v) is 10.5. The molecule has 160 valence electrons. The highest BCUT2D eigenvalue weighted by molar-refractivity contribution is 7.14. The summed E-state index contributed by atoms with van der Waals surface area (Å²) < 4.78 is 17.9. The number of nitrogens with zero attached hydrogens (tertiary/aromatic N) is 2. The van der Waals surface area contributed by atoms with Crippen LogP contribution in [-0.2, 0) is 23.9 Å². The van der Waals surface area contributed by atoms with E-state index in [0.29, 0.717) is 29.2 Å². The standard InChI is InChI=1S/C21H18FN3O5S/c22-13-7-5-12(6-8-13)16-11-31-21(23-16)24-17(26)10-30-18(27)9-25-19(28)14-3-1-2-4-15(14)20(25)29/h1-2,5-8,11,14-15H,3-4,9-10H2,(H,23,24,26)/t14-,15-/m0/s1. The van der Waals surface area contributed by atoms with Crippen LogP contribution in [0.2, 0.25) is 0 Å². The number of fused-ring (bicyclic) bond motifs is 1. The summed E-state index contributed by atoms with van der Waals surface area (Å²) in [4.78, 5) is 54.0. The van der Waals surface area contributed by atoms with Gasteiger partial charge in [0.15, 0.2) is 11.7 Å². The number of nitrogens with one attached hydrogen (secondary N) is 1. The molecule has 2 atom stereocenters. The highest BCUT2D eigenvalue weighted by Gasteiger charge is 2.47. The summed E-state index contributed by atoms with van der Waals surface area (Å²) in [6, 6.07) is 5.77. The summed E-state index contributed by atoms with van der Waals surface area (Å²) in [7, 11) is 0. The van der Waals surface area contributed by atoms with E-state index in [1.54, 1.807) is 17.5 Å². The lowest BCUT2D eigenvalue weighted by Gasteiger charge is -2.14. The second-order valence-electron chi connectivity index (χ2n) is 7.17.